The van der Waals surface area contributed by atoms with Crippen LogP contribution in [0.2, 0.25) is 0 Å². The molecule has 1 unspecified atom stereocenters. The first-order valence-electron chi connectivity index (χ1n) is 9.81. The monoisotopic (exact) mass is 469 g/mol. The number of hydrogen-bond acceptors (Lipinski definition) is 8. The van der Waals surface area contributed by atoms with Crippen LogP contribution in [-0.4, -0.2) is 37.1 Å². The average Bonchev–Trinajstić information content (AvgIpc) is 3.62. The molecule has 1 aliphatic rings. The highest BCUT2D eigenvalue weighted by Gasteiger charge is 2.34. The third-order valence-corrected chi connectivity index (χ3v) is 7.79. The van der Waals surface area contributed by atoms with E-state index in [-0.39, 0.29) is 17.7 Å². The van der Waals surface area contributed by atoms with Gasteiger partial charge in [0.25, 0.3) is 5.91 Å². The molecule has 0 bridgehead atoms. The van der Waals surface area contributed by atoms with E-state index in [9.17, 15) is 4.79 Å². The number of amides is 1. The van der Waals surface area contributed by atoms with E-state index in [2.05, 4.69) is 22.3 Å². The van der Waals surface area contributed by atoms with Crippen molar-refractivity contribution in [3.05, 3.63) is 63.2 Å². The molecule has 31 heavy (non-hydrogen) atoms. The molecule has 0 aliphatic carbocycles. The van der Waals surface area contributed by atoms with Crippen molar-refractivity contribution >= 4 is 46.1 Å². The molecule has 0 N–H and O–H groups in total. The first-order chi connectivity index (χ1) is 15.2. The van der Waals surface area contributed by atoms with Gasteiger partial charge in [-0.1, -0.05) is 23.9 Å². The van der Waals surface area contributed by atoms with E-state index in [0.29, 0.717) is 23.3 Å². The minimum atomic E-state index is -0.0621. The largest absolute Gasteiger partial charge is 0.461 e. The van der Waals surface area contributed by atoms with Crippen molar-refractivity contribution in [3.8, 4) is 11.6 Å². The van der Waals surface area contributed by atoms with Crippen molar-refractivity contribution in [2.75, 3.05) is 5.75 Å². The van der Waals surface area contributed by atoms with Crippen LogP contribution >= 0.6 is 34.4 Å². The highest BCUT2D eigenvalue weighted by Crippen LogP contribution is 2.36. The Hall–Kier alpha value is -2.69. The zero-order chi connectivity index (χ0) is 21.2. The van der Waals surface area contributed by atoms with Gasteiger partial charge in [-0.15, -0.1) is 32.9 Å². The van der Waals surface area contributed by atoms with Crippen LogP contribution in [0.4, 0.5) is 0 Å². The van der Waals surface area contributed by atoms with Crippen molar-refractivity contribution in [3.63, 3.8) is 0 Å². The van der Waals surface area contributed by atoms with Crippen LogP contribution in [-0.2, 0) is 11.3 Å². The molecule has 158 valence electrons. The maximum atomic E-state index is 13.2. The molecule has 5 heterocycles. The second-order valence-electron chi connectivity index (χ2n) is 6.81. The number of hydrazone groups is 1. The summed E-state index contributed by atoms with van der Waals surface area (Å²) in [4.78, 5) is 15.5. The Balaban J connectivity index is 1.35. The van der Waals surface area contributed by atoms with Crippen LogP contribution in [0.15, 0.2) is 68.1 Å². The first kappa shape index (κ1) is 20.2. The number of thioether (sulfide) groups is 1. The van der Waals surface area contributed by atoms with Gasteiger partial charge in [-0.2, -0.15) is 5.10 Å². The Kier molecular flexibility index (Phi) is 5.75. The predicted octanol–water partition coefficient (Wildman–Crippen LogP) is 5.15. The van der Waals surface area contributed by atoms with E-state index in [4.69, 9.17) is 9.52 Å². The summed E-state index contributed by atoms with van der Waals surface area (Å²) in [5.74, 6) is 1.52. The van der Waals surface area contributed by atoms with Crippen LogP contribution in [0.25, 0.3) is 11.6 Å². The van der Waals surface area contributed by atoms with Crippen LogP contribution in [0.1, 0.15) is 29.1 Å². The summed E-state index contributed by atoms with van der Waals surface area (Å²) in [5, 5.41) is 19.7. The summed E-state index contributed by atoms with van der Waals surface area (Å²) in [6.07, 6.45) is 2.34. The molecule has 1 atom stereocenters. The lowest BCUT2D eigenvalue weighted by atomic mass is 10.1. The summed E-state index contributed by atoms with van der Waals surface area (Å²) in [6.45, 7) is 2.70. The molecule has 4 aromatic rings. The van der Waals surface area contributed by atoms with Crippen molar-refractivity contribution in [2.24, 2.45) is 5.10 Å². The number of nitrogens with zero attached hydrogens (tertiary/aromatic N) is 5. The van der Waals surface area contributed by atoms with E-state index in [1.807, 2.05) is 46.5 Å². The van der Waals surface area contributed by atoms with Crippen molar-refractivity contribution < 1.29 is 9.21 Å². The Labute approximate surface area is 191 Å². The molecule has 7 nitrogen and oxygen atoms in total. The van der Waals surface area contributed by atoms with E-state index in [1.54, 1.807) is 33.9 Å². The van der Waals surface area contributed by atoms with Crippen LogP contribution < -0.4 is 0 Å². The van der Waals surface area contributed by atoms with Gasteiger partial charge in [-0.05, 0) is 41.9 Å². The molecule has 0 aromatic carbocycles. The second kappa shape index (κ2) is 8.81. The standard InChI is InChI=1S/C21H19N5O2S3/c1-2-25-20(16-6-3-9-28-16)22-23-21(25)31-13-19(27)26-15(18-8-5-11-30-18)12-14(24-26)17-7-4-10-29-17/h3-11,15H,2,12-13H2,1H3. The molecule has 1 amide bonds. The zero-order valence-electron chi connectivity index (χ0n) is 16.7. The molecule has 10 heteroatoms. The van der Waals surface area contributed by atoms with E-state index >= 15 is 0 Å². The summed E-state index contributed by atoms with van der Waals surface area (Å²) in [7, 11) is 0. The van der Waals surface area contributed by atoms with Gasteiger partial charge < -0.3 is 4.42 Å². The quantitative estimate of drug-likeness (QED) is 0.350. The minimum Gasteiger partial charge on any atom is -0.461 e. The summed E-state index contributed by atoms with van der Waals surface area (Å²) < 4.78 is 7.42. The smallest absolute Gasteiger partial charge is 0.253 e. The molecule has 0 spiro atoms. The van der Waals surface area contributed by atoms with Gasteiger partial charge in [0.15, 0.2) is 16.7 Å². The third kappa shape index (κ3) is 3.98. The highest BCUT2D eigenvalue weighted by atomic mass is 32.2. The predicted molar refractivity (Wildman–Crippen MR) is 124 cm³/mol. The molecule has 5 rings (SSSR count). The zero-order valence-corrected chi connectivity index (χ0v) is 19.1. The molecule has 0 radical (unpaired) electrons. The topological polar surface area (TPSA) is 76.5 Å². The average molecular weight is 470 g/mol. The van der Waals surface area contributed by atoms with Gasteiger partial charge >= 0.3 is 0 Å². The van der Waals surface area contributed by atoms with Crippen LogP contribution in [0.3, 0.4) is 0 Å². The summed E-state index contributed by atoms with van der Waals surface area (Å²) in [6, 6.07) is 11.8. The van der Waals surface area contributed by atoms with E-state index < -0.39 is 0 Å². The maximum absolute atomic E-state index is 13.2. The number of carbonyl (C=O) groups excluding carboxylic acids is 1. The van der Waals surface area contributed by atoms with Crippen molar-refractivity contribution in [2.45, 2.75) is 31.1 Å². The Bertz CT molecular complexity index is 1180. The molecular weight excluding hydrogens is 450 g/mol. The highest BCUT2D eigenvalue weighted by molar-refractivity contribution is 7.99. The Morgan fingerprint density at radius 3 is 2.77 bits per heavy atom. The SMILES string of the molecule is CCn1c(SCC(=O)N2N=C(c3cccs3)CC2c2cccs2)nnc1-c1ccco1. The van der Waals surface area contributed by atoms with Crippen LogP contribution in [0.5, 0.6) is 0 Å². The lowest BCUT2D eigenvalue weighted by Crippen LogP contribution is -2.28. The molecule has 0 saturated carbocycles. The fourth-order valence-electron chi connectivity index (χ4n) is 3.50. The molecular formula is C21H19N5O2S3. The van der Waals surface area contributed by atoms with Gasteiger partial charge in [0, 0.05) is 17.8 Å². The first-order valence-corrected chi connectivity index (χ1v) is 12.6. The number of carbonyl (C=O) groups is 1. The lowest BCUT2D eigenvalue weighted by Gasteiger charge is -2.20. The summed E-state index contributed by atoms with van der Waals surface area (Å²) >= 11 is 4.68. The second-order valence-corrected chi connectivity index (χ2v) is 9.68. The van der Waals surface area contributed by atoms with Gasteiger partial charge in [-0.25, -0.2) is 5.01 Å². The molecule has 1 aliphatic heterocycles. The molecule has 0 saturated heterocycles. The van der Waals surface area contributed by atoms with Crippen LogP contribution in [0, 0.1) is 0 Å². The normalized spacial score (nSPS) is 16.1. The number of hydrogen-bond donors (Lipinski definition) is 0. The van der Waals surface area contributed by atoms with Gasteiger partial charge in [0.1, 0.15) is 0 Å². The maximum Gasteiger partial charge on any atom is 0.253 e. The minimum absolute atomic E-state index is 0.0415. The van der Waals surface area contributed by atoms with Gasteiger partial charge in [0.05, 0.1) is 28.6 Å². The summed E-state index contributed by atoms with van der Waals surface area (Å²) in [5.41, 5.74) is 0.962. The molecule has 0 fully saturated rings. The van der Waals surface area contributed by atoms with Crippen molar-refractivity contribution in [1.29, 1.82) is 0 Å². The fraction of sp³-hybridized carbons (Fsp3) is 0.238. The van der Waals surface area contributed by atoms with Gasteiger partial charge in [0.2, 0.25) is 0 Å². The van der Waals surface area contributed by atoms with Crippen molar-refractivity contribution in [1.82, 2.24) is 19.8 Å². The molecule has 4 aromatic heterocycles. The Morgan fingerprint density at radius 2 is 2.06 bits per heavy atom. The Morgan fingerprint density at radius 1 is 1.19 bits per heavy atom. The third-order valence-electron chi connectivity index (χ3n) is 4.94. The van der Waals surface area contributed by atoms with Gasteiger partial charge in [-0.3, -0.25) is 9.36 Å². The van der Waals surface area contributed by atoms with E-state index in [0.717, 1.165) is 21.9 Å². The number of thiophene rings is 2. The van der Waals surface area contributed by atoms with E-state index in [1.165, 1.54) is 11.8 Å². The lowest BCUT2D eigenvalue weighted by molar-refractivity contribution is -0.130. The number of furan rings is 1. The fourth-order valence-corrected chi connectivity index (χ4v) is 5.88. The number of rotatable bonds is 7. The number of aromatic nitrogens is 3.